The van der Waals surface area contributed by atoms with Crippen LogP contribution >= 0.6 is 0 Å². The SMILES string of the molecule is NC(=O)NOC(=O)CCc1ccc([N+](=O)[O-])cc1.[H-].[Na+]. The van der Waals surface area contributed by atoms with E-state index in [1.54, 1.807) is 17.6 Å². The number of hydrogen-bond donors (Lipinski definition) is 2. The molecule has 0 unspecified atom stereocenters. The Bertz CT molecular complexity index is 468. The molecule has 0 aliphatic rings. The molecule has 0 saturated heterocycles. The number of nitro benzene ring substituents is 1. The van der Waals surface area contributed by atoms with Crippen LogP contribution in [0.5, 0.6) is 0 Å². The van der Waals surface area contributed by atoms with E-state index in [4.69, 9.17) is 5.73 Å². The molecule has 0 radical (unpaired) electrons. The maximum absolute atomic E-state index is 11.1. The minimum Gasteiger partial charge on any atom is -1.00 e. The van der Waals surface area contributed by atoms with Crippen molar-refractivity contribution in [2.75, 3.05) is 0 Å². The van der Waals surface area contributed by atoms with Crippen LogP contribution in [0.15, 0.2) is 24.3 Å². The predicted octanol–water partition coefficient (Wildman–Crippen LogP) is -2.23. The van der Waals surface area contributed by atoms with Gasteiger partial charge in [0.05, 0.1) is 11.3 Å². The van der Waals surface area contributed by atoms with E-state index >= 15 is 0 Å². The topological polar surface area (TPSA) is 125 Å². The van der Waals surface area contributed by atoms with Gasteiger partial charge in [0, 0.05) is 12.1 Å². The molecule has 98 valence electrons. The number of benzene rings is 1. The maximum Gasteiger partial charge on any atom is 1.00 e. The van der Waals surface area contributed by atoms with Crippen molar-refractivity contribution >= 4 is 17.7 Å². The summed E-state index contributed by atoms with van der Waals surface area (Å²) >= 11 is 0. The van der Waals surface area contributed by atoms with Crippen LogP contribution in [-0.2, 0) is 16.1 Å². The Morgan fingerprint density at radius 1 is 1.37 bits per heavy atom. The van der Waals surface area contributed by atoms with Crippen molar-refractivity contribution in [2.24, 2.45) is 5.73 Å². The van der Waals surface area contributed by atoms with Gasteiger partial charge < -0.3 is 12.0 Å². The second-order valence-corrected chi connectivity index (χ2v) is 3.36. The van der Waals surface area contributed by atoms with Crippen molar-refractivity contribution in [2.45, 2.75) is 12.8 Å². The molecule has 3 N–H and O–H groups in total. The van der Waals surface area contributed by atoms with Gasteiger partial charge in [-0.15, -0.1) is 0 Å². The van der Waals surface area contributed by atoms with E-state index in [0.717, 1.165) is 5.56 Å². The molecule has 0 fully saturated rings. The van der Waals surface area contributed by atoms with E-state index in [1.807, 2.05) is 0 Å². The molecule has 0 bridgehead atoms. The van der Waals surface area contributed by atoms with Crippen molar-refractivity contribution < 1.29 is 50.3 Å². The average Bonchev–Trinajstić information content (AvgIpc) is 2.34. The molecular formula is C10H12N3NaO5. The Balaban J connectivity index is 0. The molecule has 19 heavy (non-hydrogen) atoms. The number of rotatable bonds is 4. The number of carbonyl (C=O) groups excluding carboxylic acids is 2. The molecule has 0 aromatic heterocycles. The third-order valence-corrected chi connectivity index (χ3v) is 2.03. The first-order valence-electron chi connectivity index (χ1n) is 4.97. The average molecular weight is 277 g/mol. The minimum absolute atomic E-state index is 0. The minimum atomic E-state index is -0.960. The van der Waals surface area contributed by atoms with Crippen molar-refractivity contribution in [3.8, 4) is 0 Å². The summed E-state index contributed by atoms with van der Waals surface area (Å²) in [6.07, 6.45) is 0.370. The summed E-state index contributed by atoms with van der Waals surface area (Å²) in [5, 5.41) is 10.4. The molecule has 1 aromatic rings. The van der Waals surface area contributed by atoms with Crippen LogP contribution < -0.4 is 40.8 Å². The van der Waals surface area contributed by atoms with Gasteiger partial charge in [-0.3, -0.25) is 10.1 Å². The number of aryl methyl sites for hydroxylation is 1. The summed E-state index contributed by atoms with van der Waals surface area (Å²) in [5.41, 5.74) is 7.14. The molecule has 0 aliphatic carbocycles. The van der Waals surface area contributed by atoms with E-state index in [-0.39, 0.29) is 43.1 Å². The zero-order valence-electron chi connectivity index (χ0n) is 11.3. The van der Waals surface area contributed by atoms with E-state index in [1.165, 1.54) is 12.1 Å². The molecule has 0 spiro atoms. The molecule has 0 saturated carbocycles. The van der Waals surface area contributed by atoms with Gasteiger partial charge in [-0.25, -0.2) is 9.59 Å². The van der Waals surface area contributed by atoms with Crippen molar-refractivity contribution in [3.05, 3.63) is 39.9 Å². The standard InChI is InChI=1S/C10H11N3O5.Na.H/c11-10(15)12-18-9(14)6-3-7-1-4-8(5-2-7)13(16)17;;/h1-2,4-5H,3,6H2,(H3,11,12,15);;/q;+1;-1. The van der Waals surface area contributed by atoms with E-state index < -0.39 is 16.9 Å². The van der Waals surface area contributed by atoms with Gasteiger partial charge in [-0.05, 0) is 12.0 Å². The number of hydrogen-bond acceptors (Lipinski definition) is 5. The fraction of sp³-hybridized carbons (Fsp3) is 0.200. The smallest absolute Gasteiger partial charge is 1.00 e. The third kappa shape index (κ3) is 6.75. The molecule has 1 rings (SSSR count). The van der Waals surface area contributed by atoms with Crippen molar-refractivity contribution in [1.29, 1.82) is 0 Å². The fourth-order valence-corrected chi connectivity index (χ4v) is 1.19. The van der Waals surface area contributed by atoms with Crippen LogP contribution in [0.1, 0.15) is 13.4 Å². The van der Waals surface area contributed by atoms with Crippen LogP contribution in [0.2, 0.25) is 0 Å². The molecular weight excluding hydrogens is 265 g/mol. The molecule has 9 heteroatoms. The van der Waals surface area contributed by atoms with Gasteiger partial charge in [0.15, 0.2) is 0 Å². The van der Waals surface area contributed by atoms with Gasteiger partial charge in [0.2, 0.25) is 0 Å². The molecule has 0 aliphatic heterocycles. The monoisotopic (exact) mass is 277 g/mol. The summed E-state index contributed by atoms with van der Waals surface area (Å²) in [4.78, 5) is 35.6. The Kier molecular flexibility index (Phi) is 7.73. The number of nitro groups is 1. The summed E-state index contributed by atoms with van der Waals surface area (Å²) in [7, 11) is 0. The zero-order valence-corrected chi connectivity index (χ0v) is 12.3. The summed E-state index contributed by atoms with van der Waals surface area (Å²) in [6, 6.07) is 4.84. The van der Waals surface area contributed by atoms with Crippen LogP contribution in [0.3, 0.4) is 0 Å². The number of carbonyl (C=O) groups is 2. The zero-order chi connectivity index (χ0) is 13.5. The number of urea groups is 1. The number of primary amides is 1. The third-order valence-electron chi connectivity index (χ3n) is 2.03. The number of amides is 2. The number of nitrogens with two attached hydrogens (primary N) is 1. The Labute approximate surface area is 132 Å². The summed E-state index contributed by atoms with van der Waals surface area (Å²) in [6.45, 7) is 0. The number of nitrogens with one attached hydrogen (secondary N) is 1. The van der Waals surface area contributed by atoms with Crippen LogP contribution in [0, 0.1) is 10.1 Å². The number of hydroxylamine groups is 1. The predicted molar refractivity (Wildman–Crippen MR) is 61.3 cm³/mol. The van der Waals surface area contributed by atoms with Gasteiger partial charge in [0.25, 0.3) is 5.69 Å². The van der Waals surface area contributed by atoms with Crippen LogP contribution in [0.25, 0.3) is 0 Å². The molecule has 0 heterocycles. The van der Waals surface area contributed by atoms with E-state index in [9.17, 15) is 19.7 Å². The van der Waals surface area contributed by atoms with Gasteiger partial charge in [0.1, 0.15) is 0 Å². The first-order valence-corrected chi connectivity index (χ1v) is 4.97. The van der Waals surface area contributed by atoms with Gasteiger partial charge in [-0.2, -0.15) is 5.48 Å². The van der Waals surface area contributed by atoms with Crippen LogP contribution in [0.4, 0.5) is 10.5 Å². The summed E-state index contributed by atoms with van der Waals surface area (Å²) < 4.78 is 0. The van der Waals surface area contributed by atoms with Crippen LogP contribution in [-0.4, -0.2) is 16.9 Å². The molecule has 8 nitrogen and oxygen atoms in total. The van der Waals surface area contributed by atoms with Crippen molar-refractivity contribution in [3.63, 3.8) is 0 Å². The number of non-ortho nitro benzene ring substituents is 1. The second-order valence-electron chi connectivity index (χ2n) is 3.36. The largest absolute Gasteiger partial charge is 1.00 e. The Morgan fingerprint density at radius 3 is 2.42 bits per heavy atom. The number of nitrogens with zero attached hydrogens (tertiary/aromatic N) is 1. The Morgan fingerprint density at radius 2 is 1.95 bits per heavy atom. The van der Waals surface area contributed by atoms with E-state index in [0.29, 0.717) is 6.42 Å². The maximum atomic E-state index is 11.1. The first-order chi connectivity index (χ1) is 8.49. The van der Waals surface area contributed by atoms with Gasteiger partial charge >= 0.3 is 41.6 Å². The quantitative estimate of drug-likeness (QED) is 0.366. The fourth-order valence-electron chi connectivity index (χ4n) is 1.19. The normalized spacial score (nSPS) is 9.05. The second kappa shape index (κ2) is 8.46. The summed E-state index contributed by atoms with van der Waals surface area (Å²) in [5.74, 6) is -0.646. The molecule has 1 aromatic carbocycles. The molecule has 2 amide bonds. The van der Waals surface area contributed by atoms with E-state index in [2.05, 4.69) is 4.84 Å². The van der Waals surface area contributed by atoms with Gasteiger partial charge in [-0.1, -0.05) is 12.1 Å². The first kappa shape index (κ1) is 17.4. The Hall–Kier alpha value is -1.64. The van der Waals surface area contributed by atoms with Crippen molar-refractivity contribution in [1.82, 2.24) is 5.48 Å². The molecule has 0 atom stereocenters.